The Morgan fingerprint density at radius 1 is 0.952 bits per heavy atom. The van der Waals surface area contributed by atoms with Crippen molar-refractivity contribution in [3.8, 4) is 22.8 Å². The van der Waals surface area contributed by atoms with E-state index in [1.807, 2.05) is 42.5 Å². The summed E-state index contributed by atoms with van der Waals surface area (Å²) in [4.78, 5) is 6.41. The Morgan fingerprint density at radius 2 is 1.90 bits per heavy atom. The summed E-state index contributed by atoms with van der Waals surface area (Å²) in [7, 11) is 0. The van der Waals surface area contributed by atoms with Crippen molar-refractivity contribution in [3.63, 3.8) is 0 Å². The van der Waals surface area contributed by atoms with Gasteiger partial charge in [-0.05, 0) is 36.4 Å². The second-order valence-electron chi connectivity index (χ2n) is 4.65. The van der Waals surface area contributed by atoms with Gasteiger partial charge in [-0.1, -0.05) is 41.6 Å². The van der Waals surface area contributed by atoms with E-state index in [-0.39, 0.29) is 0 Å². The molecule has 0 fully saturated rings. The third-order valence-corrected chi connectivity index (χ3v) is 4.88. The number of fused-ring (bicyclic) bond motifs is 2. The van der Waals surface area contributed by atoms with Gasteiger partial charge in [0.05, 0.1) is 20.5 Å². The molecule has 0 bridgehead atoms. The lowest BCUT2D eigenvalue weighted by Crippen LogP contribution is -1.96. The van der Waals surface area contributed by atoms with Crippen molar-refractivity contribution in [1.82, 2.24) is 4.98 Å². The zero-order chi connectivity index (χ0) is 14.2. The first-order chi connectivity index (χ1) is 10.3. The van der Waals surface area contributed by atoms with Gasteiger partial charge in [0.2, 0.25) is 0 Å². The van der Waals surface area contributed by atoms with Crippen LogP contribution in [-0.4, -0.2) is 4.98 Å². The summed E-state index contributed by atoms with van der Waals surface area (Å²) in [6, 6.07) is 17.7. The maximum Gasteiger partial charge on any atom is 0.142 e. The van der Waals surface area contributed by atoms with Gasteiger partial charge in [-0.15, -0.1) is 0 Å². The molecule has 0 atom stereocenters. The number of nitrogens with zero attached hydrogens (tertiary/aromatic N) is 1. The van der Waals surface area contributed by atoms with Gasteiger partial charge >= 0.3 is 0 Å². The van der Waals surface area contributed by atoms with Crippen LogP contribution in [0.4, 0.5) is 0 Å². The van der Waals surface area contributed by atoms with Gasteiger partial charge in [-0.2, -0.15) is 0 Å². The molecule has 102 valence electrons. The molecule has 4 heteroatoms. The average Bonchev–Trinajstić information content (AvgIpc) is 2.54. The van der Waals surface area contributed by atoms with Crippen LogP contribution in [0.1, 0.15) is 0 Å². The molecule has 0 saturated heterocycles. The quantitative estimate of drug-likeness (QED) is 0.453. The first-order valence-corrected chi connectivity index (χ1v) is 7.70. The summed E-state index contributed by atoms with van der Waals surface area (Å²) in [5.41, 5.74) is 1.98. The smallest absolute Gasteiger partial charge is 0.142 e. The molecule has 1 aromatic heterocycles. The zero-order valence-corrected chi connectivity index (χ0v) is 12.5. The molecule has 0 saturated carbocycles. The molecular formula is C17H10ClNOS. The Kier molecular flexibility index (Phi) is 3.09. The molecule has 0 amide bonds. The lowest BCUT2D eigenvalue weighted by Gasteiger charge is -2.20. The van der Waals surface area contributed by atoms with E-state index in [1.165, 1.54) is 0 Å². The van der Waals surface area contributed by atoms with Crippen LogP contribution in [0.3, 0.4) is 0 Å². The minimum atomic E-state index is 0.719. The Balaban J connectivity index is 1.77. The second kappa shape index (κ2) is 5.10. The van der Waals surface area contributed by atoms with Crippen LogP contribution in [0, 0.1) is 0 Å². The number of ether oxygens (including phenoxy) is 1. The first kappa shape index (κ1) is 12.7. The number of hydrogen-bond acceptors (Lipinski definition) is 3. The molecule has 1 aliphatic heterocycles. The molecule has 0 N–H and O–H groups in total. The number of hydrogen-bond donors (Lipinski definition) is 0. The van der Waals surface area contributed by atoms with Crippen molar-refractivity contribution in [2.24, 2.45) is 0 Å². The van der Waals surface area contributed by atoms with Crippen LogP contribution >= 0.6 is 23.4 Å². The highest BCUT2D eigenvalue weighted by atomic mass is 35.5. The van der Waals surface area contributed by atoms with Gasteiger partial charge in [0, 0.05) is 11.8 Å². The highest BCUT2D eigenvalue weighted by molar-refractivity contribution is 7.99. The predicted molar refractivity (Wildman–Crippen MR) is 85.3 cm³/mol. The topological polar surface area (TPSA) is 22.1 Å². The van der Waals surface area contributed by atoms with Crippen molar-refractivity contribution in [1.29, 1.82) is 0 Å². The Morgan fingerprint density at radius 3 is 2.76 bits per heavy atom. The fraction of sp³-hybridized carbons (Fsp3) is 0. The van der Waals surface area contributed by atoms with E-state index in [4.69, 9.17) is 16.3 Å². The van der Waals surface area contributed by atoms with Gasteiger partial charge in [0.25, 0.3) is 0 Å². The third-order valence-electron chi connectivity index (χ3n) is 3.27. The van der Waals surface area contributed by atoms with Gasteiger partial charge in [-0.25, -0.2) is 0 Å². The van der Waals surface area contributed by atoms with E-state index in [0.717, 1.165) is 37.6 Å². The third kappa shape index (κ3) is 2.28. The second-order valence-corrected chi connectivity index (χ2v) is 6.11. The van der Waals surface area contributed by atoms with Crippen molar-refractivity contribution in [3.05, 3.63) is 65.8 Å². The van der Waals surface area contributed by atoms with E-state index in [1.54, 1.807) is 18.0 Å². The molecule has 4 rings (SSSR count). The highest BCUT2D eigenvalue weighted by Crippen LogP contribution is 2.50. The number of halogens is 1. The molecule has 2 aromatic carbocycles. The van der Waals surface area contributed by atoms with Gasteiger partial charge in [0.15, 0.2) is 0 Å². The maximum absolute atomic E-state index is 6.23. The fourth-order valence-electron chi connectivity index (χ4n) is 2.26. The molecule has 0 spiro atoms. The predicted octanol–water partition coefficient (Wildman–Crippen LogP) is 5.66. The number of pyridine rings is 1. The Hall–Kier alpha value is -1.97. The van der Waals surface area contributed by atoms with Crippen LogP contribution in [0.25, 0.3) is 11.3 Å². The van der Waals surface area contributed by atoms with Crippen LogP contribution in [-0.2, 0) is 0 Å². The number of benzene rings is 2. The molecule has 3 aromatic rings. The monoisotopic (exact) mass is 311 g/mol. The maximum atomic E-state index is 6.23. The molecule has 2 nitrogen and oxygen atoms in total. The van der Waals surface area contributed by atoms with Crippen LogP contribution in [0.5, 0.6) is 11.5 Å². The molecule has 0 unspecified atom stereocenters. The molecule has 1 aliphatic rings. The van der Waals surface area contributed by atoms with Crippen LogP contribution < -0.4 is 4.74 Å². The van der Waals surface area contributed by atoms with Crippen molar-refractivity contribution in [2.45, 2.75) is 9.79 Å². The SMILES string of the molecule is Clc1cccc2c1Sc1ccc(-c3ccccn3)cc1O2. The summed E-state index contributed by atoms with van der Waals surface area (Å²) in [6.07, 6.45) is 1.79. The Labute approximate surface area is 131 Å². The molecule has 2 heterocycles. The number of aromatic nitrogens is 1. The average molecular weight is 312 g/mol. The van der Waals surface area contributed by atoms with Crippen molar-refractivity contribution < 1.29 is 4.74 Å². The van der Waals surface area contributed by atoms with E-state index in [0.29, 0.717) is 0 Å². The van der Waals surface area contributed by atoms with Gasteiger partial charge in [0.1, 0.15) is 11.5 Å². The summed E-state index contributed by atoms with van der Waals surface area (Å²) >= 11 is 7.86. The minimum Gasteiger partial charge on any atom is -0.455 e. The van der Waals surface area contributed by atoms with Crippen LogP contribution in [0.2, 0.25) is 5.02 Å². The van der Waals surface area contributed by atoms with Crippen molar-refractivity contribution >= 4 is 23.4 Å². The first-order valence-electron chi connectivity index (χ1n) is 6.51. The molecule has 0 radical (unpaired) electrons. The molecule has 21 heavy (non-hydrogen) atoms. The summed E-state index contributed by atoms with van der Waals surface area (Å²) in [5, 5.41) is 0.719. The fourth-order valence-corrected chi connectivity index (χ4v) is 3.48. The Bertz CT molecular complexity index is 820. The minimum absolute atomic E-state index is 0.719. The molecule has 0 aliphatic carbocycles. The summed E-state index contributed by atoms with van der Waals surface area (Å²) in [6.45, 7) is 0. The highest BCUT2D eigenvalue weighted by Gasteiger charge is 2.20. The van der Waals surface area contributed by atoms with E-state index >= 15 is 0 Å². The van der Waals surface area contributed by atoms with Gasteiger partial charge in [-0.3, -0.25) is 4.98 Å². The zero-order valence-electron chi connectivity index (χ0n) is 10.9. The normalized spacial score (nSPS) is 12.2. The van der Waals surface area contributed by atoms with Gasteiger partial charge < -0.3 is 4.74 Å². The van der Waals surface area contributed by atoms with E-state index in [9.17, 15) is 0 Å². The summed E-state index contributed by atoms with van der Waals surface area (Å²) in [5.74, 6) is 1.65. The van der Waals surface area contributed by atoms with Crippen LogP contribution in [0.15, 0.2) is 70.6 Å². The number of rotatable bonds is 1. The molecular weight excluding hydrogens is 302 g/mol. The lowest BCUT2D eigenvalue weighted by atomic mass is 10.1. The standard InChI is InChI=1S/C17H10ClNOS/c18-12-4-3-6-14-17(12)21-16-8-7-11(10-15(16)20-14)13-5-1-2-9-19-13/h1-10H. The van der Waals surface area contributed by atoms with E-state index in [2.05, 4.69) is 17.1 Å². The van der Waals surface area contributed by atoms with E-state index < -0.39 is 0 Å². The lowest BCUT2D eigenvalue weighted by molar-refractivity contribution is 0.455. The largest absolute Gasteiger partial charge is 0.455 e. The summed E-state index contributed by atoms with van der Waals surface area (Å²) < 4.78 is 5.99. The van der Waals surface area contributed by atoms with Crippen molar-refractivity contribution in [2.75, 3.05) is 0 Å².